The SMILES string of the molecule is Cc1cc2c(NCc3ccco3)nc(-c3ccccc3)nc2s1. The van der Waals surface area contributed by atoms with Crippen LogP contribution < -0.4 is 5.32 Å². The normalized spacial score (nSPS) is 11.0. The fourth-order valence-electron chi connectivity index (χ4n) is 2.48. The van der Waals surface area contributed by atoms with Gasteiger partial charge in [-0.15, -0.1) is 11.3 Å². The number of aromatic nitrogens is 2. The fourth-order valence-corrected chi connectivity index (χ4v) is 3.36. The molecule has 0 saturated carbocycles. The van der Waals surface area contributed by atoms with E-state index in [9.17, 15) is 0 Å². The molecule has 4 aromatic rings. The third kappa shape index (κ3) is 2.83. The lowest BCUT2D eigenvalue weighted by Crippen LogP contribution is -2.02. The van der Waals surface area contributed by atoms with Crippen LogP contribution in [-0.2, 0) is 6.54 Å². The molecule has 0 spiro atoms. The summed E-state index contributed by atoms with van der Waals surface area (Å²) in [5.41, 5.74) is 1.02. The van der Waals surface area contributed by atoms with Crippen molar-refractivity contribution in [2.75, 3.05) is 5.32 Å². The van der Waals surface area contributed by atoms with Gasteiger partial charge in [-0.1, -0.05) is 30.3 Å². The van der Waals surface area contributed by atoms with Crippen LogP contribution in [0.4, 0.5) is 5.82 Å². The van der Waals surface area contributed by atoms with Gasteiger partial charge in [0.25, 0.3) is 0 Å². The standard InChI is InChI=1S/C18H15N3OS/c1-12-10-15-17(19-11-14-8-5-9-22-14)20-16(21-18(15)23-12)13-6-3-2-4-7-13/h2-10H,11H2,1H3,(H,19,20,21). The van der Waals surface area contributed by atoms with Gasteiger partial charge < -0.3 is 9.73 Å². The van der Waals surface area contributed by atoms with Crippen molar-refractivity contribution in [3.63, 3.8) is 0 Å². The van der Waals surface area contributed by atoms with Gasteiger partial charge in [0.05, 0.1) is 18.2 Å². The molecule has 0 aliphatic rings. The summed E-state index contributed by atoms with van der Waals surface area (Å²) in [4.78, 5) is 11.7. The van der Waals surface area contributed by atoms with Gasteiger partial charge in [-0.2, -0.15) is 0 Å². The molecular weight excluding hydrogens is 306 g/mol. The zero-order chi connectivity index (χ0) is 15.6. The molecule has 0 aliphatic heterocycles. The lowest BCUT2D eigenvalue weighted by atomic mass is 10.2. The van der Waals surface area contributed by atoms with Crippen LogP contribution >= 0.6 is 11.3 Å². The number of benzene rings is 1. The van der Waals surface area contributed by atoms with Crippen molar-refractivity contribution in [3.8, 4) is 11.4 Å². The molecule has 1 N–H and O–H groups in total. The quantitative estimate of drug-likeness (QED) is 0.582. The van der Waals surface area contributed by atoms with Crippen molar-refractivity contribution in [3.05, 3.63) is 65.4 Å². The molecule has 0 bridgehead atoms. The predicted molar refractivity (Wildman–Crippen MR) is 93.6 cm³/mol. The van der Waals surface area contributed by atoms with E-state index in [-0.39, 0.29) is 0 Å². The van der Waals surface area contributed by atoms with Crippen molar-refractivity contribution in [1.29, 1.82) is 0 Å². The molecule has 0 aliphatic carbocycles. The Morgan fingerprint density at radius 1 is 1.09 bits per heavy atom. The van der Waals surface area contributed by atoms with Gasteiger partial charge in [-0.25, -0.2) is 9.97 Å². The molecule has 0 saturated heterocycles. The number of aryl methyl sites for hydroxylation is 1. The first-order valence-electron chi connectivity index (χ1n) is 7.39. The van der Waals surface area contributed by atoms with Crippen LogP contribution in [0.2, 0.25) is 0 Å². The van der Waals surface area contributed by atoms with E-state index in [4.69, 9.17) is 14.4 Å². The number of nitrogens with one attached hydrogen (secondary N) is 1. The molecule has 4 rings (SSSR count). The molecule has 0 fully saturated rings. The first kappa shape index (κ1) is 14.0. The molecule has 0 amide bonds. The Balaban J connectivity index is 1.77. The van der Waals surface area contributed by atoms with Crippen LogP contribution in [0, 0.1) is 6.92 Å². The van der Waals surface area contributed by atoms with E-state index in [2.05, 4.69) is 18.3 Å². The zero-order valence-electron chi connectivity index (χ0n) is 12.6. The molecule has 0 unspecified atom stereocenters. The molecule has 1 aromatic carbocycles. The minimum atomic E-state index is 0.599. The number of fused-ring (bicyclic) bond motifs is 1. The minimum Gasteiger partial charge on any atom is -0.467 e. The Morgan fingerprint density at radius 3 is 2.74 bits per heavy atom. The summed E-state index contributed by atoms with van der Waals surface area (Å²) in [5, 5.41) is 4.43. The topological polar surface area (TPSA) is 51.0 Å². The Hall–Kier alpha value is -2.66. The number of rotatable bonds is 4. The molecule has 0 atom stereocenters. The zero-order valence-corrected chi connectivity index (χ0v) is 13.4. The van der Waals surface area contributed by atoms with E-state index in [1.165, 1.54) is 4.88 Å². The average Bonchev–Trinajstić information content (AvgIpc) is 3.21. The van der Waals surface area contributed by atoms with E-state index in [0.29, 0.717) is 6.54 Å². The molecule has 3 aromatic heterocycles. The average molecular weight is 321 g/mol. The highest BCUT2D eigenvalue weighted by atomic mass is 32.1. The summed E-state index contributed by atoms with van der Waals surface area (Å²) in [6, 6.07) is 16.0. The number of hydrogen-bond donors (Lipinski definition) is 1. The fraction of sp³-hybridized carbons (Fsp3) is 0.111. The van der Waals surface area contributed by atoms with Crippen LogP contribution in [0.15, 0.2) is 59.2 Å². The molecule has 4 nitrogen and oxygen atoms in total. The number of nitrogens with zero attached hydrogens (tertiary/aromatic N) is 2. The van der Waals surface area contributed by atoms with Gasteiger partial charge >= 0.3 is 0 Å². The summed E-state index contributed by atoms with van der Waals surface area (Å²) in [5.74, 6) is 2.46. The van der Waals surface area contributed by atoms with Crippen LogP contribution in [-0.4, -0.2) is 9.97 Å². The Bertz CT molecular complexity index is 930. The molecule has 0 radical (unpaired) electrons. The third-order valence-corrected chi connectivity index (χ3v) is 4.50. The number of anilines is 1. The molecule has 23 heavy (non-hydrogen) atoms. The second kappa shape index (κ2) is 5.85. The van der Waals surface area contributed by atoms with Crippen LogP contribution in [0.5, 0.6) is 0 Å². The van der Waals surface area contributed by atoms with Crippen molar-refractivity contribution in [2.45, 2.75) is 13.5 Å². The highest BCUT2D eigenvalue weighted by molar-refractivity contribution is 7.18. The largest absolute Gasteiger partial charge is 0.467 e. The van der Waals surface area contributed by atoms with Crippen LogP contribution in [0.25, 0.3) is 21.6 Å². The van der Waals surface area contributed by atoms with Gasteiger partial charge in [-0.05, 0) is 25.1 Å². The molecule has 114 valence electrons. The minimum absolute atomic E-state index is 0.599. The van der Waals surface area contributed by atoms with E-state index in [1.807, 2.05) is 42.5 Å². The van der Waals surface area contributed by atoms with E-state index in [1.54, 1.807) is 17.6 Å². The van der Waals surface area contributed by atoms with Gasteiger partial charge in [0.2, 0.25) is 0 Å². The maximum Gasteiger partial charge on any atom is 0.163 e. The van der Waals surface area contributed by atoms with Crippen LogP contribution in [0.1, 0.15) is 10.6 Å². The van der Waals surface area contributed by atoms with Gasteiger partial charge in [0, 0.05) is 10.4 Å². The van der Waals surface area contributed by atoms with Gasteiger partial charge in [0.15, 0.2) is 5.82 Å². The van der Waals surface area contributed by atoms with Crippen molar-refractivity contribution >= 4 is 27.4 Å². The first-order chi connectivity index (χ1) is 11.3. The molecule has 3 heterocycles. The highest BCUT2D eigenvalue weighted by Crippen LogP contribution is 2.31. The third-order valence-electron chi connectivity index (χ3n) is 3.56. The van der Waals surface area contributed by atoms with E-state index < -0.39 is 0 Å². The summed E-state index contributed by atoms with van der Waals surface area (Å²) in [6.45, 7) is 2.69. The summed E-state index contributed by atoms with van der Waals surface area (Å²) in [7, 11) is 0. The Morgan fingerprint density at radius 2 is 1.96 bits per heavy atom. The van der Waals surface area contributed by atoms with Crippen LogP contribution in [0.3, 0.4) is 0 Å². The Kier molecular flexibility index (Phi) is 3.55. The van der Waals surface area contributed by atoms with E-state index >= 15 is 0 Å². The van der Waals surface area contributed by atoms with E-state index in [0.717, 1.165) is 33.2 Å². The maximum atomic E-state index is 5.38. The molecule has 5 heteroatoms. The lowest BCUT2D eigenvalue weighted by molar-refractivity contribution is 0.518. The maximum absolute atomic E-state index is 5.38. The summed E-state index contributed by atoms with van der Waals surface area (Å²) >= 11 is 1.68. The summed E-state index contributed by atoms with van der Waals surface area (Å²) < 4.78 is 5.38. The summed E-state index contributed by atoms with van der Waals surface area (Å²) in [6.07, 6.45) is 1.68. The number of thiophene rings is 1. The predicted octanol–water partition coefficient (Wildman–Crippen LogP) is 4.87. The number of hydrogen-bond acceptors (Lipinski definition) is 5. The highest BCUT2D eigenvalue weighted by Gasteiger charge is 2.12. The lowest BCUT2D eigenvalue weighted by Gasteiger charge is -2.08. The smallest absolute Gasteiger partial charge is 0.163 e. The number of furan rings is 1. The Labute approximate surface area is 137 Å². The second-order valence-electron chi connectivity index (χ2n) is 5.27. The molecular formula is C18H15N3OS. The second-order valence-corrected chi connectivity index (χ2v) is 6.51. The van der Waals surface area contributed by atoms with Gasteiger partial charge in [-0.3, -0.25) is 0 Å². The monoisotopic (exact) mass is 321 g/mol. The first-order valence-corrected chi connectivity index (χ1v) is 8.21. The van der Waals surface area contributed by atoms with Crippen molar-refractivity contribution in [1.82, 2.24) is 9.97 Å². The van der Waals surface area contributed by atoms with Crippen molar-refractivity contribution in [2.24, 2.45) is 0 Å². The van der Waals surface area contributed by atoms with Gasteiger partial charge in [0.1, 0.15) is 16.4 Å². The van der Waals surface area contributed by atoms with Crippen molar-refractivity contribution < 1.29 is 4.42 Å².